The summed E-state index contributed by atoms with van der Waals surface area (Å²) in [5, 5.41) is 13.5. The summed E-state index contributed by atoms with van der Waals surface area (Å²) in [6.07, 6.45) is 11.3. The molecule has 1 saturated heterocycles. The molecule has 3 heterocycles. The number of piperidine rings is 1. The van der Waals surface area contributed by atoms with Crippen LogP contribution in [0.4, 0.5) is 0 Å². The Bertz CT molecular complexity index is 1280. The van der Waals surface area contributed by atoms with Gasteiger partial charge in [0, 0.05) is 53.5 Å². The zero-order valence-corrected chi connectivity index (χ0v) is 23.4. The lowest BCUT2D eigenvalue weighted by atomic mass is 9.80. The molecule has 4 aliphatic rings. The molecule has 9 nitrogen and oxygen atoms in total. The molecule has 2 aliphatic carbocycles. The van der Waals surface area contributed by atoms with Gasteiger partial charge in [0.05, 0.1) is 17.4 Å². The van der Waals surface area contributed by atoms with Gasteiger partial charge in [-0.2, -0.15) is 5.10 Å². The third kappa shape index (κ3) is 6.07. The highest BCUT2D eigenvalue weighted by Crippen LogP contribution is 2.45. The van der Waals surface area contributed by atoms with Crippen LogP contribution in [0, 0.1) is 17.8 Å². The first-order valence-corrected chi connectivity index (χ1v) is 14.2. The number of carbonyl (C=O) groups is 3. The Balaban J connectivity index is 1.15. The lowest BCUT2D eigenvalue weighted by molar-refractivity contribution is -0.136. The Morgan fingerprint density at radius 3 is 2.62 bits per heavy atom. The third-order valence-corrected chi connectivity index (χ3v) is 8.33. The van der Waals surface area contributed by atoms with E-state index in [4.69, 9.17) is 10.1 Å². The molecule has 0 bridgehead atoms. The number of rotatable bonds is 10. The molecule has 3 fully saturated rings. The minimum absolute atomic E-state index is 0.182. The molecule has 2 atom stereocenters. The van der Waals surface area contributed by atoms with E-state index in [2.05, 4.69) is 67.2 Å². The molecule has 1 aromatic rings. The van der Waals surface area contributed by atoms with E-state index in [0.29, 0.717) is 30.2 Å². The molecule has 0 spiro atoms. The summed E-state index contributed by atoms with van der Waals surface area (Å²) in [5.41, 5.74) is 5.90. The number of hydrogen-bond donors (Lipinski definition) is 3. The molecule has 39 heavy (non-hydrogen) atoms. The fourth-order valence-corrected chi connectivity index (χ4v) is 5.39. The Morgan fingerprint density at radius 1 is 1.26 bits per heavy atom. The molecule has 208 valence electrons. The Kier molecular flexibility index (Phi) is 7.60. The van der Waals surface area contributed by atoms with Crippen LogP contribution in [0.5, 0.6) is 0 Å². The molecule has 2 saturated carbocycles. The molecule has 2 unspecified atom stereocenters. The number of imide groups is 1. The first kappa shape index (κ1) is 27.1. The number of carbonyl (C=O) groups excluding carboxylic acids is 3. The zero-order chi connectivity index (χ0) is 27.8. The predicted octanol–water partition coefficient (Wildman–Crippen LogP) is 3.77. The van der Waals surface area contributed by atoms with Crippen LogP contribution in [0.25, 0.3) is 5.70 Å². The van der Waals surface area contributed by atoms with E-state index in [1.807, 2.05) is 0 Å². The van der Waals surface area contributed by atoms with Gasteiger partial charge < -0.3 is 10.6 Å². The smallest absolute Gasteiger partial charge is 0.251 e. The molecule has 9 heteroatoms. The number of hydrogen-bond acceptors (Lipinski definition) is 6. The summed E-state index contributed by atoms with van der Waals surface area (Å²) in [6.45, 7) is 13.2. The Labute approximate surface area is 230 Å². The lowest BCUT2D eigenvalue weighted by Gasteiger charge is -2.36. The predicted molar refractivity (Wildman–Crippen MR) is 151 cm³/mol. The molecular weight excluding hydrogens is 492 g/mol. The van der Waals surface area contributed by atoms with Crippen molar-refractivity contribution in [2.45, 2.75) is 84.2 Å². The van der Waals surface area contributed by atoms with Crippen molar-refractivity contribution in [2.24, 2.45) is 22.7 Å². The summed E-state index contributed by atoms with van der Waals surface area (Å²) in [7, 11) is 0. The topological polar surface area (TPSA) is 117 Å². The van der Waals surface area contributed by atoms with Gasteiger partial charge in [0.1, 0.15) is 6.04 Å². The minimum atomic E-state index is -0.713. The van der Waals surface area contributed by atoms with Gasteiger partial charge in [-0.25, -0.2) is 0 Å². The number of allylic oxidation sites excluding steroid dienone is 2. The molecule has 5 rings (SSSR count). The van der Waals surface area contributed by atoms with Crippen molar-refractivity contribution in [3.63, 3.8) is 0 Å². The number of nitrogens with one attached hydrogen (secondary N) is 3. The van der Waals surface area contributed by atoms with Crippen LogP contribution in [0.2, 0.25) is 0 Å². The molecule has 3 N–H and O–H groups in total. The van der Waals surface area contributed by atoms with Gasteiger partial charge in [-0.05, 0) is 63.0 Å². The summed E-state index contributed by atoms with van der Waals surface area (Å²) < 4.78 is 2.18. The molecule has 1 aromatic heterocycles. The van der Waals surface area contributed by atoms with Crippen molar-refractivity contribution < 1.29 is 14.4 Å². The highest BCUT2D eigenvalue weighted by molar-refractivity contribution is 6.04. The average Bonchev–Trinajstić information content (AvgIpc) is 3.52. The van der Waals surface area contributed by atoms with Gasteiger partial charge in [0.15, 0.2) is 0 Å². The quantitative estimate of drug-likeness (QED) is 0.241. The highest BCUT2D eigenvalue weighted by Gasteiger charge is 2.36. The van der Waals surface area contributed by atoms with Crippen molar-refractivity contribution in [3.05, 3.63) is 47.5 Å². The van der Waals surface area contributed by atoms with E-state index in [-0.39, 0.29) is 23.8 Å². The van der Waals surface area contributed by atoms with Crippen molar-refractivity contribution >= 4 is 29.1 Å². The standard InChI is InChI=1S/C30H40N6O3/c1-16(2)25(11-18(4)29(38)33-24-8-9-27(37)34-30(24)39)31-14-20-12-22(13-20)36-15-23(28(35-36)21-6-7-21)26-10-17(3)19(5)32-26/h10-11,15-17,20-22,24,31H,4,6-9,12-14H2,1-3,5H3,(H,33,38)(H,34,37,39)/b25-11+. The monoisotopic (exact) mass is 532 g/mol. The fraction of sp³-hybridized carbons (Fsp3) is 0.567. The molecule has 0 aromatic carbocycles. The maximum Gasteiger partial charge on any atom is 0.251 e. The van der Waals surface area contributed by atoms with Crippen LogP contribution < -0.4 is 16.0 Å². The second-order valence-corrected chi connectivity index (χ2v) is 11.9. The normalized spacial score (nSPS) is 27.1. The molecule has 0 radical (unpaired) electrons. The van der Waals surface area contributed by atoms with Crippen molar-refractivity contribution in [1.29, 1.82) is 0 Å². The second-order valence-electron chi connectivity index (χ2n) is 11.9. The van der Waals surface area contributed by atoms with Crippen molar-refractivity contribution in [3.8, 4) is 0 Å². The van der Waals surface area contributed by atoms with Crippen LogP contribution in [-0.4, -0.2) is 45.8 Å². The molecule has 2 aliphatic heterocycles. The Hall–Kier alpha value is -3.49. The SMILES string of the molecule is C=C(/C=C(/NCC1CC(n2cc(C3=CC(C)C(C)=N3)c(C3CC3)n2)C1)C(C)C)C(=O)NC1CCC(=O)NC1=O. The van der Waals surface area contributed by atoms with Crippen molar-refractivity contribution in [1.82, 2.24) is 25.7 Å². The van der Waals surface area contributed by atoms with Gasteiger partial charge in [-0.1, -0.05) is 27.4 Å². The average molecular weight is 533 g/mol. The summed E-state index contributed by atoms with van der Waals surface area (Å²) in [5.74, 6) is 0.481. The molecule has 3 amide bonds. The maximum absolute atomic E-state index is 12.6. The summed E-state index contributed by atoms with van der Waals surface area (Å²) >= 11 is 0. The van der Waals surface area contributed by atoms with Crippen LogP contribution in [0.3, 0.4) is 0 Å². The van der Waals surface area contributed by atoms with Gasteiger partial charge in [-0.15, -0.1) is 0 Å². The van der Waals surface area contributed by atoms with Gasteiger partial charge in [0.2, 0.25) is 11.8 Å². The number of amides is 3. The summed E-state index contributed by atoms with van der Waals surface area (Å²) in [6, 6.07) is -0.316. The zero-order valence-electron chi connectivity index (χ0n) is 23.4. The largest absolute Gasteiger partial charge is 0.388 e. The molecular formula is C30H40N6O3. The van der Waals surface area contributed by atoms with Crippen molar-refractivity contribution in [2.75, 3.05) is 6.54 Å². The van der Waals surface area contributed by atoms with Crippen LogP contribution >= 0.6 is 0 Å². The minimum Gasteiger partial charge on any atom is -0.388 e. The number of nitrogens with zero attached hydrogens (tertiary/aromatic N) is 3. The Morgan fingerprint density at radius 2 is 2.00 bits per heavy atom. The van der Waals surface area contributed by atoms with Crippen LogP contribution in [0.1, 0.15) is 89.4 Å². The maximum atomic E-state index is 12.6. The fourth-order valence-electron chi connectivity index (χ4n) is 5.39. The van der Waals surface area contributed by atoms with E-state index in [1.54, 1.807) is 6.08 Å². The van der Waals surface area contributed by atoms with E-state index >= 15 is 0 Å². The lowest BCUT2D eigenvalue weighted by Crippen LogP contribution is -2.52. The van der Waals surface area contributed by atoms with Crippen LogP contribution in [-0.2, 0) is 14.4 Å². The van der Waals surface area contributed by atoms with E-state index in [0.717, 1.165) is 30.8 Å². The summed E-state index contributed by atoms with van der Waals surface area (Å²) in [4.78, 5) is 40.8. The van der Waals surface area contributed by atoms with E-state index < -0.39 is 17.9 Å². The highest BCUT2D eigenvalue weighted by atomic mass is 16.2. The van der Waals surface area contributed by atoms with Crippen LogP contribution in [0.15, 0.2) is 41.2 Å². The van der Waals surface area contributed by atoms with Gasteiger partial charge >= 0.3 is 0 Å². The number of aromatic nitrogens is 2. The second kappa shape index (κ2) is 10.9. The van der Waals surface area contributed by atoms with E-state index in [9.17, 15) is 14.4 Å². The number of aliphatic imine (C=N–C) groups is 1. The first-order chi connectivity index (χ1) is 18.6. The third-order valence-electron chi connectivity index (χ3n) is 8.33. The van der Waals surface area contributed by atoms with Gasteiger partial charge in [-0.3, -0.25) is 29.4 Å². The van der Waals surface area contributed by atoms with Gasteiger partial charge in [0.25, 0.3) is 5.91 Å². The first-order valence-electron chi connectivity index (χ1n) is 14.2. The van der Waals surface area contributed by atoms with E-state index in [1.165, 1.54) is 29.8 Å².